The van der Waals surface area contributed by atoms with Crippen molar-refractivity contribution < 1.29 is 27.9 Å². The fourth-order valence-electron chi connectivity index (χ4n) is 0.958. The van der Waals surface area contributed by atoms with E-state index < -0.39 is 28.8 Å². The molecule has 0 saturated heterocycles. The highest BCUT2D eigenvalue weighted by Crippen LogP contribution is 1.99. The summed E-state index contributed by atoms with van der Waals surface area (Å²) in [5.74, 6) is -1.32. The van der Waals surface area contributed by atoms with Crippen LogP contribution in [0.4, 0.5) is 4.79 Å². The minimum absolute atomic E-state index is 0.0639. The molecule has 0 radical (unpaired) electrons. The summed E-state index contributed by atoms with van der Waals surface area (Å²) in [4.78, 5) is 23.1. The van der Waals surface area contributed by atoms with Gasteiger partial charge in [0.25, 0.3) is 0 Å². The van der Waals surface area contributed by atoms with E-state index in [1.165, 1.54) is 0 Å². The lowest BCUT2D eigenvalue weighted by atomic mass is 10.5. The molecule has 0 bridgehead atoms. The third-order valence-electron chi connectivity index (χ3n) is 1.85. The van der Waals surface area contributed by atoms with E-state index in [0.29, 0.717) is 10.8 Å². The fourth-order valence-corrected chi connectivity index (χ4v) is 1.98. The number of hydrogen-bond donors (Lipinski definition) is 2. The van der Waals surface area contributed by atoms with Crippen LogP contribution < -0.4 is 4.72 Å². The summed E-state index contributed by atoms with van der Waals surface area (Å²) in [7, 11) is 0.198. The largest absolute Gasteiger partial charge is 0.480 e. The molecular weight excluding hydrogens is 266 g/mol. The predicted octanol–water partition coefficient (Wildman–Crippen LogP) is -1.46. The van der Waals surface area contributed by atoms with Crippen LogP contribution in [-0.2, 0) is 19.7 Å². The van der Waals surface area contributed by atoms with Crippen LogP contribution in [0.15, 0.2) is 0 Å². The molecule has 0 atom stereocenters. The molecule has 0 rings (SSSR count). The molecule has 10 heteroatoms. The highest BCUT2D eigenvalue weighted by molar-refractivity contribution is 7.87. The first kappa shape index (κ1) is 16.6. The summed E-state index contributed by atoms with van der Waals surface area (Å²) < 4.78 is 29.7. The van der Waals surface area contributed by atoms with Crippen LogP contribution >= 0.6 is 0 Å². The molecular formula is C8H17N3O6S. The maximum Gasteiger partial charge on any atom is 0.421 e. The molecule has 0 unspecified atom stereocenters. The first-order valence-electron chi connectivity index (χ1n) is 4.91. The Hall–Kier alpha value is -1.39. The van der Waals surface area contributed by atoms with Gasteiger partial charge in [-0.3, -0.25) is 4.79 Å². The number of nitrogens with one attached hydrogen (secondary N) is 1. The number of ether oxygens (including phenoxy) is 1. The smallest absolute Gasteiger partial charge is 0.421 e. The number of nitrogens with zero attached hydrogens (tertiary/aromatic N) is 2. The van der Waals surface area contributed by atoms with Crippen LogP contribution in [0.1, 0.15) is 0 Å². The fraction of sp³-hybridized carbons (Fsp3) is 0.750. The van der Waals surface area contributed by atoms with Crippen molar-refractivity contribution in [3.63, 3.8) is 0 Å². The van der Waals surface area contributed by atoms with Gasteiger partial charge in [0, 0.05) is 13.1 Å². The number of hydrogen-bond acceptors (Lipinski definition) is 6. The van der Waals surface area contributed by atoms with Crippen molar-refractivity contribution in [1.82, 2.24) is 13.9 Å². The first-order chi connectivity index (χ1) is 8.19. The van der Waals surface area contributed by atoms with E-state index >= 15 is 0 Å². The summed E-state index contributed by atoms with van der Waals surface area (Å²) in [5.41, 5.74) is 0. The van der Waals surface area contributed by atoms with Gasteiger partial charge in [0.05, 0.1) is 7.11 Å². The van der Waals surface area contributed by atoms with Crippen molar-refractivity contribution in [2.45, 2.75) is 0 Å². The van der Waals surface area contributed by atoms with Gasteiger partial charge in [-0.25, -0.2) is 9.52 Å². The van der Waals surface area contributed by atoms with Crippen LogP contribution in [0.25, 0.3) is 0 Å². The number of aliphatic carboxylic acids is 1. The first-order valence-corrected chi connectivity index (χ1v) is 6.35. The second kappa shape index (κ2) is 7.13. The van der Waals surface area contributed by atoms with Gasteiger partial charge in [-0.05, 0) is 14.1 Å². The van der Waals surface area contributed by atoms with Crippen molar-refractivity contribution in [2.24, 2.45) is 0 Å². The van der Waals surface area contributed by atoms with Gasteiger partial charge in [0.15, 0.2) is 0 Å². The lowest BCUT2D eigenvalue weighted by Gasteiger charge is -2.21. The molecule has 2 N–H and O–H groups in total. The van der Waals surface area contributed by atoms with Crippen molar-refractivity contribution in [3.8, 4) is 0 Å². The van der Waals surface area contributed by atoms with E-state index in [-0.39, 0.29) is 6.54 Å². The maximum absolute atomic E-state index is 11.7. The van der Waals surface area contributed by atoms with E-state index in [1.54, 1.807) is 23.7 Å². The monoisotopic (exact) mass is 283 g/mol. The van der Waals surface area contributed by atoms with Gasteiger partial charge >= 0.3 is 22.3 Å². The average Bonchev–Trinajstić information content (AvgIpc) is 2.22. The van der Waals surface area contributed by atoms with Gasteiger partial charge in [-0.15, -0.1) is 0 Å². The summed E-state index contributed by atoms with van der Waals surface area (Å²) in [6.45, 7) is -0.485. The van der Waals surface area contributed by atoms with Crippen molar-refractivity contribution in [1.29, 1.82) is 0 Å². The molecule has 1 amide bonds. The van der Waals surface area contributed by atoms with E-state index in [2.05, 4.69) is 4.74 Å². The number of methoxy groups -OCH3 is 1. The Labute approximate surface area is 105 Å². The molecule has 0 aromatic carbocycles. The van der Waals surface area contributed by atoms with Gasteiger partial charge in [-0.2, -0.15) is 12.7 Å². The van der Waals surface area contributed by atoms with Crippen molar-refractivity contribution >= 4 is 22.3 Å². The van der Waals surface area contributed by atoms with Gasteiger partial charge in [0.2, 0.25) is 0 Å². The predicted molar refractivity (Wildman–Crippen MR) is 62.2 cm³/mol. The minimum Gasteiger partial charge on any atom is -0.480 e. The SMILES string of the molecule is COC(=O)NS(=O)(=O)N(CCN(C)C)CC(=O)O. The number of carboxylic acids is 1. The summed E-state index contributed by atoms with van der Waals surface area (Å²) in [6, 6.07) is 0. The molecule has 106 valence electrons. The standard InChI is InChI=1S/C8H17N3O6S/c1-10(2)4-5-11(6-7(12)13)18(15,16)9-8(14)17-3/h4-6H2,1-3H3,(H,9,14)(H,12,13). The zero-order valence-corrected chi connectivity index (χ0v) is 11.2. The molecule has 0 heterocycles. The topological polar surface area (TPSA) is 116 Å². The van der Waals surface area contributed by atoms with Crippen LogP contribution in [0.2, 0.25) is 0 Å². The Kier molecular flexibility index (Phi) is 6.58. The Balaban J connectivity index is 4.81. The van der Waals surface area contributed by atoms with E-state index in [4.69, 9.17) is 5.11 Å². The molecule has 0 saturated carbocycles. The van der Waals surface area contributed by atoms with Gasteiger partial charge < -0.3 is 14.7 Å². The highest BCUT2D eigenvalue weighted by Gasteiger charge is 2.26. The lowest BCUT2D eigenvalue weighted by molar-refractivity contribution is -0.137. The summed E-state index contributed by atoms with van der Waals surface area (Å²) >= 11 is 0. The number of carbonyl (C=O) groups excluding carboxylic acids is 1. The van der Waals surface area contributed by atoms with Crippen LogP contribution in [0.5, 0.6) is 0 Å². The molecule has 0 aliphatic rings. The van der Waals surface area contributed by atoms with Crippen molar-refractivity contribution in [2.75, 3.05) is 40.8 Å². The van der Waals surface area contributed by atoms with Crippen LogP contribution in [0, 0.1) is 0 Å². The summed E-state index contributed by atoms with van der Waals surface area (Å²) in [6.07, 6.45) is -1.17. The average molecular weight is 283 g/mol. The molecule has 0 aromatic heterocycles. The molecule has 0 spiro atoms. The quantitative estimate of drug-likeness (QED) is 0.586. The van der Waals surface area contributed by atoms with Crippen LogP contribution in [0.3, 0.4) is 0 Å². The molecule has 0 aromatic rings. The van der Waals surface area contributed by atoms with E-state index in [9.17, 15) is 18.0 Å². The maximum atomic E-state index is 11.7. The number of amides is 1. The van der Waals surface area contributed by atoms with E-state index in [0.717, 1.165) is 7.11 Å². The Bertz CT molecular complexity index is 394. The summed E-state index contributed by atoms with van der Waals surface area (Å²) in [5, 5.41) is 8.64. The zero-order valence-electron chi connectivity index (χ0n) is 10.4. The van der Waals surface area contributed by atoms with Crippen LogP contribution in [-0.4, -0.2) is 75.6 Å². The third kappa shape index (κ3) is 6.37. The van der Waals surface area contributed by atoms with Gasteiger partial charge in [0.1, 0.15) is 6.54 Å². The molecule has 18 heavy (non-hydrogen) atoms. The second-order valence-electron chi connectivity index (χ2n) is 3.63. The molecule has 0 aliphatic heterocycles. The lowest BCUT2D eigenvalue weighted by Crippen LogP contribution is -2.47. The van der Waals surface area contributed by atoms with E-state index in [1.807, 2.05) is 0 Å². The normalized spacial score (nSPS) is 11.6. The Morgan fingerprint density at radius 1 is 1.28 bits per heavy atom. The number of carboxylic acid groups (broad SMARTS) is 1. The highest BCUT2D eigenvalue weighted by atomic mass is 32.2. The third-order valence-corrected chi connectivity index (χ3v) is 3.26. The molecule has 9 nitrogen and oxygen atoms in total. The molecule has 0 aliphatic carbocycles. The number of carbonyl (C=O) groups is 2. The number of likely N-dealkylation sites (N-methyl/N-ethyl adjacent to an activating group) is 1. The Morgan fingerprint density at radius 3 is 2.22 bits per heavy atom. The number of rotatable bonds is 7. The Morgan fingerprint density at radius 2 is 1.83 bits per heavy atom. The second-order valence-corrected chi connectivity index (χ2v) is 5.30. The zero-order chi connectivity index (χ0) is 14.3. The molecule has 0 fully saturated rings. The van der Waals surface area contributed by atoms with Gasteiger partial charge in [-0.1, -0.05) is 0 Å². The minimum atomic E-state index is -4.22. The van der Waals surface area contributed by atoms with Crippen molar-refractivity contribution in [3.05, 3.63) is 0 Å².